The smallest absolute Gasteiger partial charge is 0.259 e. The number of nitroso groups, excluding NO2 is 1. The van der Waals surface area contributed by atoms with Gasteiger partial charge in [-0.25, -0.2) is 0 Å². The zero-order chi connectivity index (χ0) is 29.7. The van der Waals surface area contributed by atoms with Crippen LogP contribution in [0.4, 0.5) is 5.69 Å². The molecule has 1 aliphatic rings. The molecule has 0 radical (unpaired) electrons. The Morgan fingerprint density at radius 3 is 2.33 bits per heavy atom. The third-order valence-electron chi connectivity index (χ3n) is 6.60. The molecule has 0 spiro atoms. The minimum absolute atomic E-state index is 0.0859. The van der Waals surface area contributed by atoms with Gasteiger partial charge in [-0.1, -0.05) is 65.1 Å². The van der Waals surface area contributed by atoms with Gasteiger partial charge in [0.2, 0.25) is 6.41 Å². The first-order valence-corrected chi connectivity index (χ1v) is 14.2. The summed E-state index contributed by atoms with van der Waals surface area (Å²) < 4.78 is 0. The highest BCUT2D eigenvalue weighted by Crippen LogP contribution is 2.19. The second-order valence-corrected chi connectivity index (χ2v) is 8.58. The van der Waals surface area contributed by atoms with E-state index in [9.17, 15) is 14.5 Å². The number of nitrogens with zero attached hydrogens (tertiary/aromatic N) is 3. The Hall–Kier alpha value is -3.22. The van der Waals surface area contributed by atoms with Crippen LogP contribution in [0.5, 0.6) is 0 Å². The van der Waals surface area contributed by atoms with Gasteiger partial charge in [0.15, 0.2) is 5.54 Å². The first-order chi connectivity index (χ1) is 18.9. The quantitative estimate of drug-likeness (QED) is 0.208. The van der Waals surface area contributed by atoms with Crippen molar-refractivity contribution in [3.63, 3.8) is 0 Å². The molecule has 1 heterocycles. The highest BCUT2D eigenvalue weighted by atomic mass is 16.3. The van der Waals surface area contributed by atoms with E-state index in [-0.39, 0.29) is 12.5 Å². The fraction of sp³-hybridized carbons (Fsp3) is 0.600. The number of carbonyl (C=O) groups is 2. The molecule has 2 unspecified atom stereocenters. The van der Waals surface area contributed by atoms with E-state index in [0.29, 0.717) is 19.4 Å². The number of rotatable bonds is 12. The first-order valence-electron chi connectivity index (χ1n) is 14.2. The monoisotopic (exact) mass is 542 g/mol. The Bertz CT molecular complexity index is 919. The number of amides is 2. The van der Waals surface area contributed by atoms with Gasteiger partial charge in [0, 0.05) is 49.0 Å². The number of anilines is 1. The average Bonchev–Trinajstić information content (AvgIpc) is 3.24. The molecule has 0 bridgehead atoms. The van der Waals surface area contributed by atoms with E-state index < -0.39 is 11.4 Å². The lowest BCUT2D eigenvalue weighted by molar-refractivity contribution is -0.128. The standard InChI is InChI=1S/C26H38N6O3.2C2H6/c1-5-26(27-4,25(34)29-20-33)13-12-22-8-10-24(11-9-22)28-18-23(19-30-35)21(3)32-15-7-14-31(6-2)16-17-32;2*1-2/h8-11,20,23,27-28H,3,5-7,14-19H2,1-2,4H3,(H,29,33,34);2*1-2H3. The summed E-state index contributed by atoms with van der Waals surface area (Å²) in [6.07, 6.45) is 1.84. The van der Waals surface area contributed by atoms with E-state index in [2.05, 4.69) is 56.3 Å². The van der Waals surface area contributed by atoms with Crippen molar-refractivity contribution in [3.8, 4) is 11.8 Å². The molecule has 9 nitrogen and oxygen atoms in total. The lowest BCUT2D eigenvalue weighted by Gasteiger charge is -2.30. The second-order valence-electron chi connectivity index (χ2n) is 8.58. The van der Waals surface area contributed by atoms with Gasteiger partial charge >= 0.3 is 0 Å². The largest absolute Gasteiger partial charge is 0.384 e. The topological polar surface area (TPSA) is 106 Å². The van der Waals surface area contributed by atoms with Gasteiger partial charge in [-0.15, -0.1) is 0 Å². The molecule has 2 amide bonds. The number of imide groups is 1. The Labute approximate surface area is 236 Å². The molecular formula is C30H50N6O3. The van der Waals surface area contributed by atoms with Crippen molar-refractivity contribution < 1.29 is 9.59 Å². The van der Waals surface area contributed by atoms with Crippen LogP contribution in [0.15, 0.2) is 41.7 Å². The summed E-state index contributed by atoms with van der Waals surface area (Å²) in [6, 6.07) is 7.53. The molecule has 0 aromatic heterocycles. The fourth-order valence-corrected chi connectivity index (χ4v) is 4.14. The van der Waals surface area contributed by atoms with Crippen LogP contribution in [0.3, 0.4) is 0 Å². The zero-order valence-corrected chi connectivity index (χ0v) is 25.1. The number of hydrogen-bond acceptors (Lipinski definition) is 8. The van der Waals surface area contributed by atoms with E-state index in [1.807, 2.05) is 58.9 Å². The van der Waals surface area contributed by atoms with Crippen molar-refractivity contribution in [1.29, 1.82) is 0 Å². The van der Waals surface area contributed by atoms with Crippen LogP contribution in [-0.2, 0) is 9.59 Å². The van der Waals surface area contributed by atoms with Gasteiger partial charge in [-0.3, -0.25) is 20.2 Å². The number of likely N-dealkylation sites (N-methyl/N-ethyl adjacent to an activating group) is 2. The summed E-state index contributed by atoms with van der Waals surface area (Å²) in [4.78, 5) is 38.8. The Balaban J connectivity index is 0.00000344. The summed E-state index contributed by atoms with van der Waals surface area (Å²) >= 11 is 0. The Morgan fingerprint density at radius 1 is 1.13 bits per heavy atom. The summed E-state index contributed by atoms with van der Waals surface area (Å²) in [7, 11) is 1.64. The molecule has 2 atom stereocenters. The number of nitrogens with one attached hydrogen (secondary N) is 3. The molecule has 9 heteroatoms. The van der Waals surface area contributed by atoms with Crippen molar-refractivity contribution in [2.75, 3.05) is 58.2 Å². The third kappa shape index (κ3) is 11.6. The van der Waals surface area contributed by atoms with Crippen LogP contribution < -0.4 is 16.0 Å². The summed E-state index contributed by atoms with van der Waals surface area (Å²) in [6.45, 7) is 22.0. The zero-order valence-electron chi connectivity index (χ0n) is 25.1. The summed E-state index contributed by atoms with van der Waals surface area (Å²) in [5, 5.41) is 11.6. The van der Waals surface area contributed by atoms with Crippen LogP contribution >= 0.6 is 0 Å². The molecule has 1 aromatic rings. The predicted molar refractivity (Wildman–Crippen MR) is 162 cm³/mol. The molecule has 39 heavy (non-hydrogen) atoms. The number of benzene rings is 1. The minimum Gasteiger partial charge on any atom is -0.384 e. The van der Waals surface area contributed by atoms with Crippen molar-refractivity contribution in [3.05, 3.63) is 47.0 Å². The fourth-order valence-electron chi connectivity index (χ4n) is 4.14. The second kappa shape index (κ2) is 20.7. The average molecular weight is 543 g/mol. The molecule has 1 aromatic carbocycles. The Kier molecular flexibility index (Phi) is 19.0. The summed E-state index contributed by atoms with van der Waals surface area (Å²) in [5.74, 6) is 5.41. The normalized spacial score (nSPS) is 15.2. The molecule has 1 fully saturated rings. The van der Waals surface area contributed by atoms with Crippen LogP contribution in [0, 0.1) is 22.7 Å². The van der Waals surface area contributed by atoms with E-state index in [1.165, 1.54) is 0 Å². The van der Waals surface area contributed by atoms with Crippen molar-refractivity contribution in [2.45, 2.75) is 59.9 Å². The molecular weight excluding hydrogens is 492 g/mol. The molecule has 218 valence electrons. The maximum atomic E-state index is 12.3. The first kappa shape index (κ1) is 35.8. The SMILES string of the molecule is C=C(C(CN=O)CNc1ccc(C#CC(CC)(NC)C(=O)NC=O)cc1)N1CCCN(CC)CC1.CC.CC. The van der Waals surface area contributed by atoms with E-state index in [4.69, 9.17) is 0 Å². The van der Waals surface area contributed by atoms with Gasteiger partial charge in [-0.05, 0) is 57.2 Å². The molecule has 2 rings (SSSR count). The van der Waals surface area contributed by atoms with Crippen LogP contribution in [0.2, 0.25) is 0 Å². The van der Waals surface area contributed by atoms with Crippen molar-refractivity contribution >= 4 is 18.0 Å². The number of hydrogen-bond donors (Lipinski definition) is 3. The highest BCUT2D eigenvalue weighted by molar-refractivity contribution is 5.96. The van der Waals surface area contributed by atoms with Gasteiger partial charge in [0.05, 0.1) is 6.54 Å². The lowest BCUT2D eigenvalue weighted by atomic mass is 9.95. The van der Waals surface area contributed by atoms with Crippen LogP contribution in [0.25, 0.3) is 0 Å². The lowest BCUT2D eigenvalue weighted by Crippen LogP contribution is -2.54. The van der Waals surface area contributed by atoms with Gasteiger partial charge < -0.3 is 15.1 Å². The number of carbonyl (C=O) groups excluding carboxylic acids is 2. The maximum Gasteiger partial charge on any atom is 0.259 e. The Morgan fingerprint density at radius 2 is 1.79 bits per heavy atom. The third-order valence-corrected chi connectivity index (χ3v) is 6.60. The van der Waals surface area contributed by atoms with Gasteiger partial charge in [-0.2, -0.15) is 4.91 Å². The van der Waals surface area contributed by atoms with E-state index in [0.717, 1.165) is 56.1 Å². The minimum atomic E-state index is -1.14. The molecule has 1 aliphatic heterocycles. The van der Waals surface area contributed by atoms with Crippen LogP contribution in [-0.4, -0.2) is 80.5 Å². The highest BCUT2D eigenvalue weighted by Gasteiger charge is 2.32. The van der Waals surface area contributed by atoms with Gasteiger partial charge in [0.25, 0.3) is 5.91 Å². The maximum absolute atomic E-state index is 12.3. The molecule has 0 saturated carbocycles. The van der Waals surface area contributed by atoms with Gasteiger partial charge in [0.1, 0.15) is 0 Å². The van der Waals surface area contributed by atoms with Crippen molar-refractivity contribution in [2.24, 2.45) is 11.1 Å². The summed E-state index contributed by atoms with van der Waals surface area (Å²) in [5.41, 5.74) is 1.44. The van der Waals surface area contributed by atoms with Crippen molar-refractivity contribution in [1.82, 2.24) is 20.4 Å². The predicted octanol–water partition coefficient (Wildman–Crippen LogP) is 4.07. The molecule has 1 saturated heterocycles. The van der Waals surface area contributed by atoms with Crippen LogP contribution in [0.1, 0.15) is 59.9 Å². The van der Waals surface area contributed by atoms with E-state index in [1.54, 1.807) is 7.05 Å². The molecule has 3 N–H and O–H groups in total. The molecule has 0 aliphatic carbocycles. The van der Waals surface area contributed by atoms with E-state index >= 15 is 0 Å².